The molecule has 0 saturated carbocycles. The maximum absolute atomic E-state index is 14.2. The number of nitrogens with zero attached hydrogens (tertiary/aromatic N) is 2. The first-order valence-electron chi connectivity index (χ1n) is 9.48. The minimum Gasteiger partial charge on any atom is -0.348 e. The Morgan fingerprint density at radius 3 is 2.55 bits per heavy atom. The Hall–Kier alpha value is -3.22. The number of fused-ring (bicyclic) bond motifs is 1. The Labute approximate surface area is 168 Å². The van der Waals surface area contributed by atoms with Gasteiger partial charge in [0.1, 0.15) is 5.82 Å². The third-order valence-corrected chi connectivity index (χ3v) is 5.80. The molecule has 150 valence electrons. The van der Waals surface area contributed by atoms with Crippen LogP contribution in [-0.4, -0.2) is 60.2 Å². The lowest BCUT2D eigenvalue weighted by Gasteiger charge is -2.39. The van der Waals surface area contributed by atoms with Crippen molar-refractivity contribution in [2.75, 3.05) is 27.2 Å². The second kappa shape index (κ2) is 6.99. The van der Waals surface area contributed by atoms with E-state index in [-0.39, 0.29) is 30.5 Å². The van der Waals surface area contributed by atoms with Gasteiger partial charge in [-0.1, -0.05) is 30.3 Å². The lowest BCUT2D eigenvalue weighted by Crippen LogP contribution is -2.61. The molecule has 6 nitrogen and oxygen atoms in total. The van der Waals surface area contributed by atoms with Gasteiger partial charge in [0.15, 0.2) is 0 Å². The number of likely N-dealkylation sites (tertiary alicyclic amines) is 1. The summed E-state index contributed by atoms with van der Waals surface area (Å²) in [5.74, 6) is -2.14. The van der Waals surface area contributed by atoms with Crippen LogP contribution in [-0.2, 0) is 11.2 Å². The molecule has 0 aromatic heterocycles. The number of halogens is 1. The number of rotatable bonds is 2. The molecule has 2 atom stereocenters. The van der Waals surface area contributed by atoms with Gasteiger partial charge in [0.05, 0.1) is 17.0 Å². The molecule has 1 fully saturated rings. The lowest BCUT2D eigenvalue weighted by atomic mass is 9.77. The van der Waals surface area contributed by atoms with Crippen molar-refractivity contribution in [3.8, 4) is 0 Å². The summed E-state index contributed by atoms with van der Waals surface area (Å²) in [5.41, 5.74) is 0.456. The fraction of sp³-hybridized carbons (Fsp3) is 0.318. The standard InChI is InChI=1S/C22H22FN3O3/c1-25(2)21(29)17-12-26(20(28)16-9-5-6-10-18(16)23)13-22(17)11-14-7-3-4-8-15(14)19(27)24-22/h3-10,17H,11-13H2,1-2H3,(H,24,27)/t17-,22+/m0/s1. The molecule has 0 aliphatic carbocycles. The van der Waals surface area contributed by atoms with Crippen LogP contribution < -0.4 is 5.32 Å². The molecule has 2 heterocycles. The highest BCUT2D eigenvalue weighted by Gasteiger charge is 2.54. The van der Waals surface area contributed by atoms with Crippen LogP contribution in [0.3, 0.4) is 0 Å². The number of hydrogen-bond acceptors (Lipinski definition) is 3. The molecule has 3 amide bonds. The van der Waals surface area contributed by atoms with Gasteiger partial charge >= 0.3 is 0 Å². The van der Waals surface area contributed by atoms with Crippen LogP contribution in [0.4, 0.5) is 4.39 Å². The van der Waals surface area contributed by atoms with Crippen LogP contribution in [0.5, 0.6) is 0 Å². The summed E-state index contributed by atoms with van der Waals surface area (Å²) in [4.78, 5) is 41.7. The number of amides is 3. The molecular formula is C22H22FN3O3. The molecule has 29 heavy (non-hydrogen) atoms. The number of nitrogens with one attached hydrogen (secondary N) is 1. The van der Waals surface area contributed by atoms with E-state index in [4.69, 9.17) is 0 Å². The Morgan fingerprint density at radius 2 is 1.83 bits per heavy atom. The predicted molar refractivity (Wildman–Crippen MR) is 105 cm³/mol. The first-order chi connectivity index (χ1) is 13.8. The lowest BCUT2D eigenvalue weighted by molar-refractivity contribution is -0.134. The first-order valence-corrected chi connectivity index (χ1v) is 9.48. The number of carbonyl (C=O) groups is 3. The van der Waals surface area contributed by atoms with Crippen molar-refractivity contribution in [2.45, 2.75) is 12.0 Å². The molecule has 2 aliphatic rings. The highest BCUT2D eigenvalue weighted by Crippen LogP contribution is 2.37. The van der Waals surface area contributed by atoms with E-state index >= 15 is 0 Å². The largest absolute Gasteiger partial charge is 0.348 e. The Balaban J connectivity index is 1.72. The van der Waals surface area contributed by atoms with E-state index in [2.05, 4.69) is 5.32 Å². The third kappa shape index (κ3) is 3.16. The summed E-state index contributed by atoms with van der Waals surface area (Å²) in [7, 11) is 3.30. The van der Waals surface area contributed by atoms with Crippen LogP contribution in [0, 0.1) is 11.7 Å². The third-order valence-electron chi connectivity index (χ3n) is 5.80. The maximum Gasteiger partial charge on any atom is 0.256 e. The van der Waals surface area contributed by atoms with Crippen molar-refractivity contribution in [1.29, 1.82) is 0 Å². The molecule has 4 rings (SSSR count). The Morgan fingerprint density at radius 1 is 1.14 bits per heavy atom. The molecule has 2 aromatic carbocycles. The summed E-state index contributed by atoms with van der Waals surface area (Å²) in [6, 6.07) is 13.1. The van der Waals surface area contributed by atoms with E-state index in [0.29, 0.717) is 12.0 Å². The molecule has 0 unspecified atom stereocenters. The van der Waals surface area contributed by atoms with E-state index in [1.165, 1.54) is 28.0 Å². The van der Waals surface area contributed by atoms with Crippen LogP contribution in [0.1, 0.15) is 26.3 Å². The SMILES string of the molecule is CN(C)C(=O)[C@@H]1CN(C(=O)c2ccccc2F)C[C@]12Cc1ccccc1C(=O)N2. The van der Waals surface area contributed by atoms with Crippen LogP contribution in [0.2, 0.25) is 0 Å². The fourth-order valence-corrected chi connectivity index (χ4v) is 4.38. The second-order valence-electron chi connectivity index (χ2n) is 7.89. The first kappa shape index (κ1) is 19.1. The normalized spacial score (nSPS) is 22.9. The van der Waals surface area contributed by atoms with Gasteiger partial charge in [-0.25, -0.2) is 4.39 Å². The van der Waals surface area contributed by atoms with Crippen LogP contribution >= 0.6 is 0 Å². The summed E-state index contributed by atoms with van der Waals surface area (Å²) < 4.78 is 14.2. The highest BCUT2D eigenvalue weighted by atomic mass is 19.1. The van der Waals surface area contributed by atoms with Gasteiger partial charge in [0, 0.05) is 32.7 Å². The minimum absolute atomic E-state index is 0.0388. The maximum atomic E-state index is 14.2. The summed E-state index contributed by atoms with van der Waals surface area (Å²) >= 11 is 0. The second-order valence-corrected chi connectivity index (χ2v) is 7.89. The molecule has 1 N–H and O–H groups in total. The molecular weight excluding hydrogens is 373 g/mol. The van der Waals surface area contributed by atoms with Gasteiger partial charge in [0.2, 0.25) is 5.91 Å². The predicted octanol–water partition coefficient (Wildman–Crippen LogP) is 1.71. The van der Waals surface area contributed by atoms with Crippen molar-refractivity contribution < 1.29 is 18.8 Å². The van der Waals surface area contributed by atoms with Crippen molar-refractivity contribution in [3.63, 3.8) is 0 Å². The van der Waals surface area contributed by atoms with E-state index in [0.717, 1.165) is 5.56 Å². The van der Waals surface area contributed by atoms with Crippen molar-refractivity contribution >= 4 is 17.7 Å². The summed E-state index contributed by atoms with van der Waals surface area (Å²) in [6.45, 7) is 0.261. The van der Waals surface area contributed by atoms with Gasteiger partial charge < -0.3 is 15.1 Å². The number of carbonyl (C=O) groups excluding carboxylic acids is 3. The zero-order chi connectivity index (χ0) is 20.8. The van der Waals surface area contributed by atoms with E-state index in [9.17, 15) is 18.8 Å². The Kier molecular flexibility index (Phi) is 4.61. The van der Waals surface area contributed by atoms with Gasteiger partial charge in [0.25, 0.3) is 11.8 Å². The minimum atomic E-state index is -0.923. The zero-order valence-corrected chi connectivity index (χ0v) is 16.3. The molecule has 2 aliphatic heterocycles. The molecule has 7 heteroatoms. The van der Waals surface area contributed by atoms with Crippen molar-refractivity contribution in [3.05, 3.63) is 71.0 Å². The molecule has 1 spiro atoms. The monoisotopic (exact) mass is 395 g/mol. The average Bonchev–Trinajstić information content (AvgIpc) is 3.05. The van der Waals surface area contributed by atoms with Crippen LogP contribution in [0.25, 0.3) is 0 Å². The summed E-state index contributed by atoms with van der Waals surface area (Å²) in [5, 5.41) is 3.01. The average molecular weight is 395 g/mol. The molecule has 1 saturated heterocycles. The van der Waals surface area contributed by atoms with Crippen LogP contribution in [0.15, 0.2) is 48.5 Å². The van der Waals surface area contributed by atoms with Gasteiger partial charge in [-0.3, -0.25) is 14.4 Å². The molecule has 0 bridgehead atoms. The molecule has 2 aromatic rings. The van der Waals surface area contributed by atoms with Gasteiger partial charge in [-0.2, -0.15) is 0 Å². The van der Waals surface area contributed by atoms with Crippen molar-refractivity contribution in [1.82, 2.24) is 15.1 Å². The number of benzene rings is 2. The quantitative estimate of drug-likeness (QED) is 0.842. The van der Waals surface area contributed by atoms with E-state index < -0.39 is 23.2 Å². The van der Waals surface area contributed by atoms with E-state index in [1.807, 2.05) is 12.1 Å². The van der Waals surface area contributed by atoms with Gasteiger partial charge in [-0.15, -0.1) is 0 Å². The number of hydrogen-bond donors (Lipinski definition) is 1. The zero-order valence-electron chi connectivity index (χ0n) is 16.3. The Bertz CT molecular complexity index is 1010. The highest BCUT2D eigenvalue weighted by molar-refractivity contribution is 5.99. The summed E-state index contributed by atoms with van der Waals surface area (Å²) in [6.07, 6.45) is 0.431. The van der Waals surface area contributed by atoms with Crippen molar-refractivity contribution in [2.24, 2.45) is 5.92 Å². The van der Waals surface area contributed by atoms with Gasteiger partial charge in [-0.05, 0) is 30.2 Å². The fourth-order valence-electron chi connectivity index (χ4n) is 4.38. The van der Waals surface area contributed by atoms with E-state index in [1.54, 1.807) is 32.3 Å². The molecule has 0 radical (unpaired) electrons. The smallest absolute Gasteiger partial charge is 0.256 e. The topological polar surface area (TPSA) is 69.7 Å².